The fraction of sp³-hybridized carbons (Fsp3) is 0.800. The van der Waals surface area contributed by atoms with Crippen molar-refractivity contribution in [2.45, 2.75) is 39.2 Å². The third-order valence-corrected chi connectivity index (χ3v) is 2.99. The molecule has 0 spiro atoms. The van der Waals surface area contributed by atoms with Crippen LogP contribution in [0.1, 0.15) is 37.1 Å². The van der Waals surface area contributed by atoms with Gasteiger partial charge in [0.2, 0.25) is 0 Å². The van der Waals surface area contributed by atoms with Gasteiger partial charge in [0.25, 0.3) is 0 Å². The van der Waals surface area contributed by atoms with E-state index in [1.54, 1.807) is 0 Å². The summed E-state index contributed by atoms with van der Waals surface area (Å²) in [6.07, 6.45) is 5.57. The van der Waals surface area contributed by atoms with Crippen molar-refractivity contribution >= 4 is 0 Å². The normalized spacial score (nSPS) is 16.9. The van der Waals surface area contributed by atoms with Gasteiger partial charge in [-0.3, -0.25) is 0 Å². The Morgan fingerprint density at radius 2 is 2.29 bits per heavy atom. The summed E-state index contributed by atoms with van der Waals surface area (Å²) in [7, 11) is 0. The van der Waals surface area contributed by atoms with Gasteiger partial charge in [-0.1, -0.05) is 29.6 Å². The zero-order valence-corrected chi connectivity index (χ0v) is 8.62. The van der Waals surface area contributed by atoms with Crippen LogP contribution in [0.4, 0.5) is 0 Å². The second kappa shape index (κ2) is 4.55. The molecule has 1 aliphatic rings. The van der Waals surface area contributed by atoms with Crippen LogP contribution < -0.4 is 5.32 Å². The van der Waals surface area contributed by atoms with Crippen molar-refractivity contribution in [3.05, 3.63) is 11.4 Å². The van der Waals surface area contributed by atoms with Crippen LogP contribution in [0.15, 0.2) is 4.63 Å². The van der Waals surface area contributed by atoms with E-state index in [9.17, 15) is 0 Å². The van der Waals surface area contributed by atoms with Crippen LogP contribution in [0.3, 0.4) is 0 Å². The predicted octanol–water partition coefficient (Wildman–Crippen LogP) is 1.66. The van der Waals surface area contributed by atoms with Crippen LogP contribution in [0, 0.1) is 12.8 Å². The molecule has 0 atom stereocenters. The molecule has 4 nitrogen and oxygen atoms in total. The van der Waals surface area contributed by atoms with Gasteiger partial charge in [-0.05, 0) is 25.8 Å². The molecule has 0 saturated heterocycles. The molecule has 0 amide bonds. The zero-order valence-electron chi connectivity index (χ0n) is 8.62. The lowest BCUT2D eigenvalue weighted by Crippen LogP contribution is -2.21. The van der Waals surface area contributed by atoms with Crippen molar-refractivity contribution in [1.82, 2.24) is 15.6 Å². The van der Waals surface area contributed by atoms with Gasteiger partial charge in [-0.2, -0.15) is 0 Å². The minimum Gasteiger partial charge on any atom is -0.311 e. The Labute approximate surface area is 84.0 Å². The molecule has 0 bridgehead atoms. The molecular weight excluding hydrogens is 178 g/mol. The first kappa shape index (κ1) is 9.65. The van der Waals surface area contributed by atoms with Gasteiger partial charge in [-0.15, -0.1) is 0 Å². The van der Waals surface area contributed by atoms with E-state index in [2.05, 4.69) is 20.3 Å². The molecule has 1 N–H and O–H groups in total. The third kappa shape index (κ3) is 2.32. The summed E-state index contributed by atoms with van der Waals surface area (Å²) in [6.45, 7) is 3.78. The number of rotatable bonds is 5. The largest absolute Gasteiger partial charge is 0.311 e. The van der Waals surface area contributed by atoms with E-state index in [0.29, 0.717) is 0 Å². The summed E-state index contributed by atoms with van der Waals surface area (Å²) in [6, 6.07) is 0. The Morgan fingerprint density at radius 3 is 2.86 bits per heavy atom. The van der Waals surface area contributed by atoms with E-state index >= 15 is 0 Å². The summed E-state index contributed by atoms with van der Waals surface area (Å²) in [5, 5.41) is 10.9. The van der Waals surface area contributed by atoms with Crippen molar-refractivity contribution in [2.75, 3.05) is 6.54 Å². The maximum absolute atomic E-state index is 4.62. The number of aryl methyl sites for hydroxylation is 1. The van der Waals surface area contributed by atoms with E-state index < -0.39 is 0 Å². The first-order valence-corrected chi connectivity index (χ1v) is 5.35. The molecule has 1 fully saturated rings. The highest BCUT2D eigenvalue weighted by Crippen LogP contribution is 2.28. The van der Waals surface area contributed by atoms with E-state index in [1.807, 2.05) is 6.92 Å². The number of nitrogens with one attached hydrogen (secondary N) is 1. The molecule has 14 heavy (non-hydrogen) atoms. The SMILES string of the molecule is Cc1nonc1CNCCC1CCC1. The van der Waals surface area contributed by atoms with Gasteiger partial charge < -0.3 is 5.32 Å². The van der Waals surface area contributed by atoms with Crippen molar-refractivity contribution < 1.29 is 4.63 Å². The fourth-order valence-corrected chi connectivity index (χ4v) is 1.70. The molecule has 1 aromatic heterocycles. The smallest absolute Gasteiger partial charge is 0.121 e. The second-order valence-electron chi connectivity index (χ2n) is 4.06. The lowest BCUT2D eigenvalue weighted by Gasteiger charge is -2.25. The average molecular weight is 195 g/mol. The minimum absolute atomic E-state index is 0.780. The highest BCUT2D eigenvalue weighted by atomic mass is 16.6. The van der Waals surface area contributed by atoms with Crippen molar-refractivity contribution in [3.8, 4) is 0 Å². The van der Waals surface area contributed by atoms with Crippen molar-refractivity contribution in [2.24, 2.45) is 5.92 Å². The second-order valence-corrected chi connectivity index (χ2v) is 4.06. The number of nitrogens with zero attached hydrogens (tertiary/aromatic N) is 2. The Kier molecular flexibility index (Phi) is 3.14. The van der Waals surface area contributed by atoms with Gasteiger partial charge in [0.15, 0.2) is 0 Å². The van der Waals surface area contributed by atoms with Gasteiger partial charge >= 0.3 is 0 Å². The standard InChI is InChI=1S/C10H17N3O/c1-8-10(13-14-12-8)7-11-6-5-9-3-2-4-9/h9,11H,2-7H2,1H3. The first-order valence-electron chi connectivity index (χ1n) is 5.35. The Balaban J connectivity index is 1.60. The molecule has 1 heterocycles. The molecule has 1 aliphatic carbocycles. The van der Waals surface area contributed by atoms with Crippen LogP contribution in [0.2, 0.25) is 0 Å². The molecule has 0 unspecified atom stereocenters. The molecule has 0 aliphatic heterocycles. The average Bonchev–Trinajstić information content (AvgIpc) is 2.48. The van der Waals surface area contributed by atoms with E-state index in [4.69, 9.17) is 0 Å². The maximum atomic E-state index is 4.62. The molecule has 0 radical (unpaired) electrons. The summed E-state index contributed by atoms with van der Waals surface area (Å²) in [4.78, 5) is 0. The Bertz CT molecular complexity index is 281. The van der Waals surface area contributed by atoms with Crippen LogP contribution in [0.5, 0.6) is 0 Å². The van der Waals surface area contributed by atoms with Gasteiger partial charge in [-0.25, -0.2) is 4.63 Å². The van der Waals surface area contributed by atoms with Crippen LogP contribution in [-0.2, 0) is 6.54 Å². The molecular formula is C10H17N3O. The maximum Gasteiger partial charge on any atom is 0.121 e. The van der Waals surface area contributed by atoms with E-state index in [1.165, 1.54) is 25.7 Å². The fourth-order valence-electron chi connectivity index (χ4n) is 1.70. The highest BCUT2D eigenvalue weighted by molar-refractivity contribution is 5.03. The minimum atomic E-state index is 0.780. The number of aromatic nitrogens is 2. The monoisotopic (exact) mass is 195 g/mol. The lowest BCUT2D eigenvalue weighted by atomic mass is 9.83. The molecule has 0 aromatic carbocycles. The van der Waals surface area contributed by atoms with Crippen molar-refractivity contribution in [3.63, 3.8) is 0 Å². The Hall–Kier alpha value is -0.900. The lowest BCUT2D eigenvalue weighted by molar-refractivity contribution is 0.289. The van der Waals surface area contributed by atoms with Gasteiger partial charge in [0.05, 0.1) is 0 Å². The zero-order chi connectivity index (χ0) is 9.80. The van der Waals surface area contributed by atoms with Gasteiger partial charge in [0, 0.05) is 6.54 Å². The quantitative estimate of drug-likeness (QED) is 0.726. The van der Waals surface area contributed by atoms with E-state index in [0.717, 1.165) is 30.4 Å². The molecule has 1 saturated carbocycles. The molecule has 1 aromatic rings. The first-order chi connectivity index (χ1) is 6.86. The molecule has 78 valence electrons. The highest BCUT2D eigenvalue weighted by Gasteiger charge is 2.16. The van der Waals surface area contributed by atoms with Crippen LogP contribution >= 0.6 is 0 Å². The van der Waals surface area contributed by atoms with Crippen LogP contribution in [0.25, 0.3) is 0 Å². The van der Waals surface area contributed by atoms with E-state index in [-0.39, 0.29) is 0 Å². The van der Waals surface area contributed by atoms with Crippen molar-refractivity contribution in [1.29, 1.82) is 0 Å². The summed E-state index contributed by atoms with van der Waals surface area (Å²) in [5.74, 6) is 0.971. The summed E-state index contributed by atoms with van der Waals surface area (Å²) in [5.41, 5.74) is 1.82. The van der Waals surface area contributed by atoms with Gasteiger partial charge in [0.1, 0.15) is 11.4 Å². The summed E-state index contributed by atoms with van der Waals surface area (Å²) >= 11 is 0. The Morgan fingerprint density at radius 1 is 1.43 bits per heavy atom. The topological polar surface area (TPSA) is 51.0 Å². The number of hydrogen-bond donors (Lipinski definition) is 1. The number of hydrogen-bond acceptors (Lipinski definition) is 4. The molecule has 2 rings (SSSR count). The van der Waals surface area contributed by atoms with Crippen LogP contribution in [-0.4, -0.2) is 16.9 Å². The predicted molar refractivity (Wildman–Crippen MR) is 52.7 cm³/mol. The third-order valence-electron chi connectivity index (χ3n) is 2.99. The molecule has 4 heteroatoms. The summed E-state index contributed by atoms with van der Waals surface area (Å²) < 4.78 is 4.62.